The Bertz CT molecular complexity index is 500. The normalized spacial score (nSPS) is 10.8. The third-order valence-electron chi connectivity index (χ3n) is 2.78. The second kappa shape index (κ2) is 5.66. The van der Waals surface area contributed by atoms with Crippen LogP contribution in [0.3, 0.4) is 0 Å². The zero-order valence-electron chi connectivity index (χ0n) is 11.2. The number of aromatic nitrogens is 4. The fraction of sp³-hybridized carbons (Fsp3) is 0.583. The van der Waals surface area contributed by atoms with Gasteiger partial charge in [-0.25, -0.2) is 4.98 Å². The van der Waals surface area contributed by atoms with E-state index in [1.54, 1.807) is 6.33 Å². The molecule has 0 saturated carbocycles. The summed E-state index contributed by atoms with van der Waals surface area (Å²) in [5.74, 6) is 1.55. The Hall–Kier alpha value is -1.85. The molecule has 0 radical (unpaired) electrons. The smallest absolute Gasteiger partial charge is 0.226 e. The molecule has 0 fully saturated rings. The lowest BCUT2D eigenvalue weighted by atomic mass is 10.3. The number of anilines is 2. The first-order valence-electron chi connectivity index (χ1n) is 6.44. The predicted molar refractivity (Wildman–Crippen MR) is 74.0 cm³/mol. The van der Waals surface area contributed by atoms with Crippen molar-refractivity contribution in [3.63, 3.8) is 0 Å². The van der Waals surface area contributed by atoms with Gasteiger partial charge < -0.3 is 15.2 Å². The molecule has 0 saturated heterocycles. The molecule has 98 valence electrons. The van der Waals surface area contributed by atoms with Crippen molar-refractivity contribution >= 4 is 22.9 Å². The number of hydrogen-bond acceptors (Lipinski definition) is 5. The van der Waals surface area contributed by atoms with Gasteiger partial charge in [0.15, 0.2) is 11.5 Å². The molecule has 0 aliphatic heterocycles. The number of nitrogens with zero attached hydrogens (tertiary/aromatic N) is 4. The van der Waals surface area contributed by atoms with Gasteiger partial charge in [-0.05, 0) is 12.8 Å². The molecule has 0 atom stereocenters. The average Bonchev–Trinajstić information content (AvgIpc) is 2.85. The van der Waals surface area contributed by atoms with Crippen LogP contribution in [0.15, 0.2) is 6.33 Å². The summed E-state index contributed by atoms with van der Waals surface area (Å²) < 4.78 is 0. The zero-order valence-corrected chi connectivity index (χ0v) is 11.2. The summed E-state index contributed by atoms with van der Waals surface area (Å²) in [5.41, 5.74) is 1.62. The Morgan fingerprint density at radius 1 is 1.22 bits per heavy atom. The van der Waals surface area contributed by atoms with Crippen LogP contribution < -0.4 is 10.2 Å². The molecule has 0 aliphatic carbocycles. The van der Waals surface area contributed by atoms with E-state index in [1.807, 2.05) is 7.05 Å². The highest BCUT2D eigenvalue weighted by Crippen LogP contribution is 2.22. The van der Waals surface area contributed by atoms with Crippen molar-refractivity contribution in [2.45, 2.75) is 26.7 Å². The monoisotopic (exact) mass is 248 g/mol. The first-order chi connectivity index (χ1) is 8.80. The molecule has 2 rings (SSSR count). The van der Waals surface area contributed by atoms with Crippen molar-refractivity contribution in [1.29, 1.82) is 0 Å². The Balaban J connectivity index is 2.48. The first kappa shape index (κ1) is 12.6. The molecule has 6 heteroatoms. The van der Waals surface area contributed by atoms with Crippen LogP contribution in [0.5, 0.6) is 0 Å². The minimum Gasteiger partial charge on any atom is -0.357 e. The van der Waals surface area contributed by atoms with Gasteiger partial charge in [-0.3, -0.25) is 0 Å². The van der Waals surface area contributed by atoms with Gasteiger partial charge in [0.1, 0.15) is 5.52 Å². The lowest BCUT2D eigenvalue weighted by Gasteiger charge is -2.23. The van der Waals surface area contributed by atoms with E-state index in [9.17, 15) is 0 Å². The number of hydrogen-bond donors (Lipinski definition) is 2. The van der Waals surface area contributed by atoms with Gasteiger partial charge in [0, 0.05) is 20.1 Å². The van der Waals surface area contributed by atoms with Crippen molar-refractivity contribution < 1.29 is 0 Å². The Kier molecular flexibility index (Phi) is 3.96. The number of H-pyrrole nitrogens is 1. The molecule has 0 aliphatic rings. The number of rotatable bonds is 6. The van der Waals surface area contributed by atoms with Crippen LogP contribution in [0.2, 0.25) is 0 Å². The van der Waals surface area contributed by atoms with E-state index in [1.165, 1.54) is 0 Å². The topological polar surface area (TPSA) is 69.7 Å². The molecule has 0 spiro atoms. The molecule has 2 heterocycles. The summed E-state index contributed by atoms with van der Waals surface area (Å²) in [4.78, 5) is 18.5. The minimum absolute atomic E-state index is 0.613. The van der Waals surface area contributed by atoms with E-state index >= 15 is 0 Å². The van der Waals surface area contributed by atoms with Gasteiger partial charge in [-0.1, -0.05) is 13.8 Å². The van der Waals surface area contributed by atoms with Crippen molar-refractivity contribution in [1.82, 2.24) is 19.9 Å². The quantitative estimate of drug-likeness (QED) is 0.818. The molecule has 0 aromatic carbocycles. The molecular formula is C12H20N6. The van der Waals surface area contributed by atoms with Crippen molar-refractivity contribution in [2.24, 2.45) is 0 Å². The maximum absolute atomic E-state index is 4.56. The van der Waals surface area contributed by atoms with Crippen molar-refractivity contribution in [2.75, 3.05) is 30.4 Å². The van der Waals surface area contributed by atoms with E-state index in [4.69, 9.17) is 0 Å². The SMILES string of the molecule is CCCN(CCC)c1nc(NC)nc2nc[nH]c12. The minimum atomic E-state index is 0.613. The zero-order chi connectivity index (χ0) is 13.0. The number of nitrogens with one attached hydrogen (secondary N) is 2. The molecule has 0 bridgehead atoms. The Morgan fingerprint density at radius 3 is 2.56 bits per heavy atom. The number of aromatic amines is 1. The van der Waals surface area contributed by atoms with Crippen LogP contribution in [0.4, 0.5) is 11.8 Å². The van der Waals surface area contributed by atoms with E-state index < -0.39 is 0 Å². The van der Waals surface area contributed by atoms with E-state index in [-0.39, 0.29) is 0 Å². The summed E-state index contributed by atoms with van der Waals surface area (Å²) in [6.45, 7) is 6.32. The third-order valence-corrected chi connectivity index (χ3v) is 2.78. The summed E-state index contributed by atoms with van der Waals surface area (Å²) in [6, 6.07) is 0. The fourth-order valence-electron chi connectivity index (χ4n) is 2.02. The first-order valence-corrected chi connectivity index (χ1v) is 6.44. The van der Waals surface area contributed by atoms with Crippen molar-refractivity contribution in [3.05, 3.63) is 6.33 Å². The molecule has 2 aromatic rings. The molecule has 2 aromatic heterocycles. The van der Waals surface area contributed by atoms with Crippen LogP contribution in [-0.4, -0.2) is 40.1 Å². The maximum atomic E-state index is 4.56. The fourth-order valence-corrected chi connectivity index (χ4v) is 2.02. The summed E-state index contributed by atoms with van der Waals surface area (Å²) in [7, 11) is 1.82. The lowest BCUT2D eigenvalue weighted by molar-refractivity contribution is 0.736. The van der Waals surface area contributed by atoms with Gasteiger partial charge in [0.25, 0.3) is 0 Å². The van der Waals surface area contributed by atoms with Crippen LogP contribution in [0, 0.1) is 0 Å². The van der Waals surface area contributed by atoms with Gasteiger partial charge >= 0.3 is 0 Å². The van der Waals surface area contributed by atoms with Gasteiger partial charge in [-0.2, -0.15) is 9.97 Å². The third kappa shape index (κ3) is 2.37. The van der Waals surface area contributed by atoms with Crippen LogP contribution in [-0.2, 0) is 0 Å². The highest BCUT2D eigenvalue weighted by molar-refractivity contribution is 5.84. The Labute approximate surface area is 107 Å². The Morgan fingerprint density at radius 2 is 1.94 bits per heavy atom. The van der Waals surface area contributed by atoms with Crippen molar-refractivity contribution in [3.8, 4) is 0 Å². The number of imidazole rings is 1. The molecule has 0 amide bonds. The summed E-state index contributed by atoms with van der Waals surface area (Å²) >= 11 is 0. The molecular weight excluding hydrogens is 228 g/mol. The molecule has 2 N–H and O–H groups in total. The van der Waals surface area contributed by atoms with Crippen LogP contribution >= 0.6 is 0 Å². The highest BCUT2D eigenvalue weighted by atomic mass is 15.2. The molecule has 6 nitrogen and oxygen atoms in total. The second-order valence-electron chi connectivity index (χ2n) is 4.21. The van der Waals surface area contributed by atoms with Gasteiger partial charge in [0.2, 0.25) is 5.95 Å². The predicted octanol–water partition coefficient (Wildman–Crippen LogP) is 2.02. The van der Waals surface area contributed by atoms with E-state index in [2.05, 4.69) is 44.0 Å². The van der Waals surface area contributed by atoms with Gasteiger partial charge in [-0.15, -0.1) is 0 Å². The highest BCUT2D eigenvalue weighted by Gasteiger charge is 2.14. The molecule has 18 heavy (non-hydrogen) atoms. The van der Waals surface area contributed by atoms with Crippen LogP contribution in [0.1, 0.15) is 26.7 Å². The van der Waals surface area contributed by atoms with Gasteiger partial charge in [0.05, 0.1) is 6.33 Å². The van der Waals surface area contributed by atoms with E-state index in [0.29, 0.717) is 11.6 Å². The maximum Gasteiger partial charge on any atom is 0.226 e. The largest absolute Gasteiger partial charge is 0.357 e. The second-order valence-corrected chi connectivity index (χ2v) is 4.21. The number of fused-ring (bicyclic) bond motifs is 1. The summed E-state index contributed by atoms with van der Waals surface area (Å²) in [5, 5.41) is 2.99. The van der Waals surface area contributed by atoms with Crippen LogP contribution in [0.25, 0.3) is 11.2 Å². The summed E-state index contributed by atoms with van der Waals surface area (Å²) in [6.07, 6.45) is 3.85. The standard InChI is InChI=1S/C12H20N6/c1-4-6-18(7-5-2)11-9-10(15-8-14-9)16-12(13-3)17-11/h8H,4-7H2,1-3H3,(H2,13,14,15,16,17). The molecule has 0 unspecified atom stereocenters. The average molecular weight is 248 g/mol. The lowest BCUT2D eigenvalue weighted by Crippen LogP contribution is -2.26. The van der Waals surface area contributed by atoms with E-state index in [0.717, 1.165) is 37.3 Å².